The first-order valence-electron chi connectivity index (χ1n) is 9.96. The Balaban J connectivity index is 1.74. The Morgan fingerprint density at radius 2 is 1.91 bits per heavy atom. The molecule has 0 amide bonds. The van der Waals surface area contributed by atoms with Gasteiger partial charge in [-0.25, -0.2) is 9.78 Å². The molecule has 0 atom stereocenters. The van der Waals surface area contributed by atoms with Crippen LogP contribution in [0.1, 0.15) is 26.5 Å². The molecule has 33 heavy (non-hydrogen) atoms. The van der Waals surface area contributed by atoms with Gasteiger partial charge in [-0.2, -0.15) is 0 Å². The number of fused-ring (bicyclic) bond motifs is 1. The van der Waals surface area contributed by atoms with Crippen molar-refractivity contribution in [3.63, 3.8) is 0 Å². The van der Waals surface area contributed by atoms with Crippen molar-refractivity contribution < 1.29 is 23.5 Å². The van der Waals surface area contributed by atoms with Crippen LogP contribution in [0.15, 0.2) is 75.2 Å². The third kappa shape index (κ3) is 4.68. The van der Waals surface area contributed by atoms with Gasteiger partial charge in [0.15, 0.2) is 10.9 Å². The molecule has 0 aliphatic heterocycles. The number of furan rings is 1. The molecule has 0 bridgehead atoms. The van der Waals surface area contributed by atoms with Crippen LogP contribution in [0.4, 0.5) is 0 Å². The van der Waals surface area contributed by atoms with Gasteiger partial charge in [0, 0.05) is 0 Å². The SMILES string of the molecule is COC(=O)c1ccc2c(=O)n(Cc3ccco3)c(SCC(=O)c3ccccc3OC)nc2c1. The monoisotopic (exact) mass is 464 g/mol. The molecule has 168 valence electrons. The fourth-order valence-electron chi connectivity index (χ4n) is 3.34. The number of carbonyl (C=O) groups excluding carboxylic acids is 2. The van der Waals surface area contributed by atoms with Crippen LogP contribution in [-0.4, -0.2) is 41.3 Å². The molecule has 9 heteroatoms. The summed E-state index contributed by atoms with van der Waals surface area (Å²) in [5.74, 6) is 0.388. The van der Waals surface area contributed by atoms with Crippen molar-refractivity contribution in [2.75, 3.05) is 20.0 Å². The minimum Gasteiger partial charge on any atom is -0.496 e. The molecule has 0 fully saturated rings. The number of thioether (sulfide) groups is 1. The molecule has 0 N–H and O–H groups in total. The average molecular weight is 464 g/mol. The zero-order chi connectivity index (χ0) is 23.4. The molecule has 8 nitrogen and oxygen atoms in total. The summed E-state index contributed by atoms with van der Waals surface area (Å²) in [6, 6.07) is 15.0. The molecule has 0 saturated heterocycles. The van der Waals surface area contributed by atoms with Gasteiger partial charge in [-0.3, -0.25) is 14.2 Å². The number of esters is 1. The van der Waals surface area contributed by atoms with E-state index in [0.717, 1.165) is 11.8 Å². The summed E-state index contributed by atoms with van der Waals surface area (Å²) in [4.78, 5) is 42.7. The van der Waals surface area contributed by atoms with E-state index in [4.69, 9.17) is 13.9 Å². The van der Waals surface area contributed by atoms with E-state index in [0.29, 0.717) is 33.1 Å². The van der Waals surface area contributed by atoms with Crippen LogP contribution in [0.2, 0.25) is 0 Å². The van der Waals surface area contributed by atoms with Crippen molar-refractivity contribution in [3.8, 4) is 5.75 Å². The van der Waals surface area contributed by atoms with Gasteiger partial charge >= 0.3 is 5.97 Å². The normalized spacial score (nSPS) is 10.8. The topological polar surface area (TPSA) is 101 Å². The summed E-state index contributed by atoms with van der Waals surface area (Å²) in [5, 5.41) is 0.670. The van der Waals surface area contributed by atoms with Crippen molar-refractivity contribution in [2.24, 2.45) is 0 Å². The lowest BCUT2D eigenvalue weighted by Crippen LogP contribution is -2.24. The minimum absolute atomic E-state index is 0.0349. The van der Waals surface area contributed by atoms with Crippen LogP contribution in [0, 0.1) is 0 Å². The lowest BCUT2D eigenvalue weighted by atomic mass is 10.1. The van der Waals surface area contributed by atoms with E-state index >= 15 is 0 Å². The maximum atomic E-state index is 13.3. The van der Waals surface area contributed by atoms with E-state index in [-0.39, 0.29) is 29.2 Å². The first-order valence-corrected chi connectivity index (χ1v) is 10.9. The van der Waals surface area contributed by atoms with Gasteiger partial charge < -0.3 is 13.9 Å². The van der Waals surface area contributed by atoms with Gasteiger partial charge in [-0.15, -0.1) is 0 Å². The Bertz CT molecular complexity index is 1380. The maximum absolute atomic E-state index is 13.3. The number of hydrogen-bond acceptors (Lipinski definition) is 8. The quantitative estimate of drug-likeness (QED) is 0.168. The van der Waals surface area contributed by atoms with Crippen molar-refractivity contribution in [1.29, 1.82) is 0 Å². The number of methoxy groups -OCH3 is 2. The van der Waals surface area contributed by atoms with Crippen molar-refractivity contribution in [2.45, 2.75) is 11.7 Å². The second-order valence-corrected chi connectivity index (χ2v) is 7.94. The Labute approximate surface area is 193 Å². The van der Waals surface area contributed by atoms with E-state index in [1.165, 1.54) is 37.2 Å². The molecule has 4 aromatic rings. The van der Waals surface area contributed by atoms with E-state index < -0.39 is 5.97 Å². The van der Waals surface area contributed by atoms with Gasteiger partial charge in [0.1, 0.15) is 11.5 Å². The van der Waals surface area contributed by atoms with Crippen LogP contribution in [0.5, 0.6) is 5.75 Å². The van der Waals surface area contributed by atoms with Gasteiger partial charge in [0.05, 0.1) is 54.8 Å². The lowest BCUT2D eigenvalue weighted by Gasteiger charge is -2.13. The van der Waals surface area contributed by atoms with Crippen LogP contribution in [0.3, 0.4) is 0 Å². The largest absolute Gasteiger partial charge is 0.496 e. The molecule has 0 radical (unpaired) electrons. The highest BCUT2D eigenvalue weighted by atomic mass is 32.2. The number of hydrogen-bond donors (Lipinski definition) is 0. The molecule has 0 unspecified atom stereocenters. The molecule has 2 aromatic heterocycles. The molecule has 2 aromatic carbocycles. The Kier molecular flexibility index (Phi) is 6.60. The number of carbonyl (C=O) groups is 2. The summed E-state index contributed by atoms with van der Waals surface area (Å²) in [7, 11) is 2.79. The van der Waals surface area contributed by atoms with Crippen LogP contribution >= 0.6 is 11.8 Å². The van der Waals surface area contributed by atoms with Crippen LogP contribution < -0.4 is 10.3 Å². The Morgan fingerprint density at radius 1 is 1.09 bits per heavy atom. The van der Waals surface area contributed by atoms with Crippen molar-refractivity contribution >= 4 is 34.4 Å². The summed E-state index contributed by atoms with van der Waals surface area (Å²) < 4.78 is 16.9. The van der Waals surface area contributed by atoms with Gasteiger partial charge in [-0.1, -0.05) is 23.9 Å². The highest BCUT2D eigenvalue weighted by Crippen LogP contribution is 2.24. The maximum Gasteiger partial charge on any atom is 0.337 e. The zero-order valence-corrected chi connectivity index (χ0v) is 18.8. The fourth-order valence-corrected chi connectivity index (χ4v) is 4.22. The van der Waals surface area contributed by atoms with E-state index in [2.05, 4.69) is 4.98 Å². The standard InChI is InChI=1S/C24H20N2O6S/c1-30-21-8-4-3-7-18(21)20(27)14-33-24-25-19-12-15(23(29)31-2)9-10-17(19)22(28)26(24)13-16-6-5-11-32-16/h3-12H,13-14H2,1-2H3. The Hall–Kier alpha value is -3.85. The predicted octanol–water partition coefficient (Wildman–Crippen LogP) is 3.81. The number of benzene rings is 2. The number of para-hydroxylation sites is 1. The lowest BCUT2D eigenvalue weighted by molar-refractivity contribution is 0.0600. The van der Waals surface area contributed by atoms with Gasteiger partial charge in [0.2, 0.25) is 0 Å². The molecule has 0 aliphatic rings. The second kappa shape index (κ2) is 9.74. The van der Waals surface area contributed by atoms with E-state index in [9.17, 15) is 14.4 Å². The number of Topliss-reactive ketones (excluding diaryl/α,β-unsaturated/α-hetero) is 1. The first-order chi connectivity index (χ1) is 16.0. The minimum atomic E-state index is -0.529. The third-order valence-corrected chi connectivity index (χ3v) is 5.95. The summed E-state index contributed by atoms with van der Waals surface area (Å²) in [5.41, 5.74) is 0.758. The van der Waals surface area contributed by atoms with Gasteiger partial charge in [0.25, 0.3) is 5.56 Å². The Morgan fingerprint density at radius 3 is 2.64 bits per heavy atom. The molecular weight excluding hydrogens is 444 g/mol. The molecule has 0 saturated carbocycles. The number of ether oxygens (including phenoxy) is 2. The van der Waals surface area contributed by atoms with E-state index in [1.807, 2.05) is 0 Å². The number of aromatic nitrogens is 2. The van der Waals surface area contributed by atoms with Crippen molar-refractivity contribution in [3.05, 3.63) is 88.1 Å². The fraction of sp³-hybridized carbons (Fsp3) is 0.167. The van der Waals surface area contributed by atoms with Crippen LogP contribution in [0.25, 0.3) is 10.9 Å². The summed E-state index contributed by atoms with van der Waals surface area (Å²) in [6.45, 7) is 0.151. The first kappa shape index (κ1) is 22.3. The predicted molar refractivity (Wildman–Crippen MR) is 123 cm³/mol. The zero-order valence-electron chi connectivity index (χ0n) is 17.9. The molecule has 2 heterocycles. The second-order valence-electron chi connectivity index (χ2n) is 7.00. The molecular formula is C24H20N2O6S. The summed E-state index contributed by atoms with van der Waals surface area (Å²) >= 11 is 1.13. The highest BCUT2D eigenvalue weighted by Gasteiger charge is 2.18. The number of nitrogens with zero attached hydrogens (tertiary/aromatic N) is 2. The third-order valence-electron chi connectivity index (χ3n) is 4.98. The number of ketones is 1. The average Bonchev–Trinajstić information content (AvgIpc) is 3.37. The van der Waals surface area contributed by atoms with Crippen molar-refractivity contribution in [1.82, 2.24) is 9.55 Å². The molecule has 4 rings (SSSR count). The van der Waals surface area contributed by atoms with E-state index in [1.54, 1.807) is 42.5 Å². The van der Waals surface area contributed by atoms with Gasteiger partial charge in [-0.05, 0) is 42.5 Å². The van der Waals surface area contributed by atoms with Crippen LogP contribution in [-0.2, 0) is 11.3 Å². The smallest absolute Gasteiger partial charge is 0.337 e. The number of rotatable bonds is 8. The molecule has 0 spiro atoms. The molecule has 0 aliphatic carbocycles. The highest BCUT2D eigenvalue weighted by molar-refractivity contribution is 7.99. The summed E-state index contributed by atoms with van der Waals surface area (Å²) in [6.07, 6.45) is 1.52.